The van der Waals surface area contributed by atoms with E-state index in [-0.39, 0.29) is 19.6 Å². The van der Waals surface area contributed by atoms with Crippen LogP contribution in [0.2, 0.25) is 0 Å². The third kappa shape index (κ3) is 7.32. The molecule has 0 radical (unpaired) electrons. The summed E-state index contributed by atoms with van der Waals surface area (Å²) in [6.07, 6.45) is 2.25. The number of anilines is 1. The minimum Gasteiger partial charge on any atom is -0.748 e. The largest absolute Gasteiger partial charge is 0.748 e. The molecule has 1 aromatic heterocycles. The van der Waals surface area contributed by atoms with E-state index in [0.29, 0.717) is 36.1 Å². The van der Waals surface area contributed by atoms with Gasteiger partial charge in [-0.3, -0.25) is 8.74 Å². The summed E-state index contributed by atoms with van der Waals surface area (Å²) in [5.41, 5.74) is 6.11. The van der Waals surface area contributed by atoms with Gasteiger partial charge in [-0.15, -0.1) is 0 Å². The molecule has 232 valence electrons. The van der Waals surface area contributed by atoms with Crippen molar-refractivity contribution in [3.05, 3.63) is 109 Å². The van der Waals surface area contributed by atoms with Crippen LogP contribution >= 0.6 is 0 Å². The zero-order chi connectivity index (χ0) is 31.4. The van der Waals surface area contributed by atoms with E-state index in [1.54, 1.807) is 6.08 Å². The molecule has 0 saturated heterocycles. The van der Waals surface area contributed by atoms with Gasteiger partial charge in [0.15, 0.2) is 12.3 Å². The zero-order valence-electron chi connectivity index (χ0n) is 24.1. The average Bonchev–Trinajstić information content (AvgIpc) is 3.55. The van der Waals surface area contributed by atoms with Gasteiger partial charge in [0.25, 0.3) is 5.52 Å². The van der Waals surface area contributed by atoms with Gasteiger partial charge >= 0.3 is 17.3 Å². The van der Waals surface area contributed by atoms with Crippen molar-refractivity contribution in [2.75, 3.05) is 23.8 Å². The molecule has 0 saturated carbocycles. The first-order valence-electron chi connectivity index (χ1n) is 14.3. The fourth-order valence-electron chi connectivity index (χ4n) is 5.36. The number of ether oxygens (including phenoxy) is 1. The number of nitrogens with zero attached hydrogens (tertiary/aromatic N) is 2. The van der Waals surface area contributed by atoms with E-state index in [1.807, 2.05) is 107 Å². The first-order valence-corrected chi connectivity index (χ1v) is 16.9. The lowest BCUT2D eigenvalue weighted by atomic mass is 10.0. The maximum atomic E-state index is 11.4. The fourth-order valence-corrected chi connectivity index (χ4v) is 6.10. The van der Waals surface area contributed by atoms with Crippen LogP contribution in [0.15, 0.2) is 107 Å². The quantitative estimate of drug-likeness (QED) is 0.0781. The molecule has 0 fully saturated rings. The second kappa shape index (κ2) is 13.3. The van der Waals surface area contributed by atoms with E-state index in [0.717, 1.165) is 33.5 Å². The lowest BCUT2D eigenvalue weighted by Crippen LogP contribution is -2.36. The Bertz CT molecular complexity index is 1980. The molecule has 4 aromatic carbocycles. The summed E-state index contributed by atoms with van der Waals surface area (Å²) in [5.74, 6) is 0.970. The van der Waals surface area contributed by atoms with Gasteiger partial charge in [0.1, 0.15) is 6.08 Å². The highest BCUT2D eigenvalue weighted by molar-refractivity contribution is 7.85. The molecule has 0 amide bonds. The van der Waals surface area contributed by atoms with Crippen LogP contribution in [0.4, 0.5) is 5.69 Å². The van der Waals surface area contributed by atoms with Gasteiger partial charge in [-0.05, 0) is 46.9 Å². The number of fused-ring (bicyclic) bond motifs is 2. The third-order valence-electron chi connectivity index (χ3n) is 7.41. The Balaban J connectivity index is 1.40. The van der Waals surface area contributed by atoms with E-state index in [2.05, 4.69) is 0 Å². The average molecular weight is 647 g/mol. The first kappa shape index (κ1) is 30.7. The van der Waals surface area contributed by atoms with Crippen molar-refractivity contribution in [3.63, 3.8) is 0 Å². The van der Waals surface area contributed by atoms with Crippen molar-refractivity contribution in [1.29, 1.82) is 0 Å². The molecule has 1 unspecified atom stereocenters. The van der Waals surface area contributed by atoms with Crippen molar-refractivity contribution in [1.82, 2.24) is 0 Å². The number of hydrogen-bond acceptors (Lipinski definition) is 8. The van der Waals surface area contributed by atoms with Crippen LogP contribution in [-0.4, -0.2) is 40.6 Å². The molecule has 6 rings (SSSR count). The van der Waals surface area contributed by atoms with Gasteiger partial charge < -0.3 is 18.6 Å². The van der Waals surface area contributed by atoms with Crippen LogP contribution in [-0.2, 0) is 32.2 Å². The summed E-state index contributed by atoms with van der Waals surface area (Å²) < 4.78 is 73.7. The molecule has 0 aliphatic carbocycles. The van der Waals surface area contributed by atoms with Gasteiger partial charge in [0.05, 0.1) is 22.4 Å². The van der Waals surface area contributed by atoms with E-state index in [4.69, 9.17) is 17.9 Å². The van der Waals surface area contributed by atoms with Gasteiger partial charge in [0, 0.05) is 24.8 Å². The van der Waals surface area contributed by atoms with Gasteiger partial charge in [0.2, 0.25) is 11.5 Å². The highest BCUT2D eigenvalue weighted by atomic mass is 32.2. The molecule has 5 aromatic rings. The van der Waals surface area contributed by atoms with Crippen molar-refractivity contribution in [3.8, 4) is 28.0 Å². The van der Waals surface area contributed by atoms with Crippen LogP contribution in [0, 0.1) is 0 Å². The third-order valence-corrected chi connectivity index (χ3v) is 8.57. The lowest BCUT2D eigenvalue weighted by molar-refractivity contribution is -0.677. The number of aromatic nitrogens is 1. The highest BCUT2D eigenvalue weighted by Gasteiger charge is 2.30. The summed E-state index contributed by atoms with van der Waals surface area (Å²) in [6.45, 7) is 0.672. The summed E-state index contributed by atoms with van der Waals surface area (Å²) in [6, 6.07) is 31.5. The molecule has 2 heterocycles. The molecular formula is C33H30N2O8S2. The molecule has 0 bridgehead atoms. The van der Waals surface area contributed by atoms with Crippen molar-refractivity contribution >= 4 is 44.3 Å². The standard InChI is InChI=1S/C33H30N2O8S2/c36-44(37)41-19-7-17-34-28-21-26(24-9-3-1-4-10-24)13-15-30(28)42-32(34)23-33-35(18-8-20-45(38,39)40)29-22-27(14-16-31(29)43-33)25-11-5-2-6-12-25/h1-6,9-16,21-23H,7-8,17-20H2,(H-,36,37,38,39,40). The predicted molar refractivity (Wildman–Crippen MR) is 170 cm³/mol. The van der Waals surface area contributed by atoms with Gasteiger partial charge in [-0.1, -0.05) is 72.8 Å². The summed E-state index contributed by atoms with van der Waals surface area (Å²) >= 11 is -2.37. The Morgan fingerprint density at radius 1 is 0.889 bits per heavy atom. The van der Waals surface area contributed by atoms with Crippen molar-refractivity contribution < 1.29 is 39.6 Å². The van der Waals surface area contributed by atoms with Gasteiger partial charge in [-0.25, -0.2) is 8.42 Å². The summed E-state index contributed by atoms with van der Waals surface area (Å²) in [4.78, 5) is 1.94. The topological polar surface area (TPSA) is 133 Å². The van der Waals surface area contributed by atoms with Crippen LogP contribution < -0.4 is 14.2 Å². The number of oxazole rings is 1. The number of benzene rings is 4. The monoisotopic (exact) mass is 646 g/mol. The van der Waals surface area contributed by atoms with Gasteiger partial charge in [-0.2, -0.15) is 8.78 Å². The minimum absolute atomic E-state index is 0.0527. The molecule has 12 heteroatoms. The Kier molecular flexibility index (Phi) is 9.10. The van der Waals surface area contributed by atoms with E-state index < -0.39 is 27.2 Å². The van der Waals surface area contributed by atoms with Crippen LogP contribution in [0.3, 0.4) is 0 Å². The number of rotatable bonds is 12. The van der Waals surface area contributed by atoms with Crippen molar-refractivity contribution in [2.45, 2.75) is 19.4 Å². The highest BCUT2D eigenvalue weighted by Crippen LogP contribution is 2.42. The Labute approximate surface area is 263 Å². The predicted octanol–water partition coefficient (Wildman–Crippen LogP) is 5.73. The molecule has 10 nitrogen and oxygen atoms in total. The zero-order valence-corrected chi connectivity index (χ0v) is 25.7. The van der Waals surface area contributed by atoms with Crippen LogP contribution in [0.25, 0.3) is 39.4 Å². The Morgan fingerprint density at radius 2 is 1.56 bits per heavy atom. The SMILES string of the molecule is O=S(O)OCCCN1C(=Cc2oc3ccc(-c4ccccc4)cc3[n+]2CCCS(=O)(=O)[O-])Oc2ccc(-c3ccccc3)cc21. The second-order valence-corrected chi connectivity index (χ2v) is 12.6. The number of hydrogen-bond donors (Lipinski definition) is 1. The maximum absolute atomic E-state index is 11.4. The number of aryl methyl sites for hydroxylation is 1. The molecule has 0 spiro atoms. The minimum atomic E-state index is -4.40. The molecule has 45 heavy (non-hydrogen) atoms. The molecular weight excluding hydrogens is 617 g/mol. The lowest BCUT2D eigenvalue weighted by Gasteiger charge is -2.18. The second-order valence-electron chi connectivity index (χ2n) is 10.4. The van der Waals surface area contributed by atoms with E-state index in [9.17, 15) is 17.2 Å². The van der Waals surface area contributed by atoms with Crippen LogP contribution in [0.1, 0.15) is 18.7 Å². The normalized spacial score (nSPS) is 14.5. The van der Waals surface area contributed by atoms with E-state index in [1.165, 1.54) is 0 Å². The summed E-state index contributed by atoms with van der Waals surface area (Å²) in [7, 11) is -4.40. The molecule has 1 N–H and O–H groups in total. The smallest absolute Gasteiger partial charge is 0.379 e. The Morgan fingerprint density at radius 3 is 2.22 bits per heavy atom. The van der Waals surface area contributed by atoms with E-state index >= 15 is 0 Å². The molecule has 1 atom stereocenters. The molecule has 1 aliphatic rings. The Hall–Kier alpha value is -4.33. The van der Waals surface area contributed by atoms with Crippen molar-refractivity contribution in [2.24, 2.45) is 0 Å². The maximum Gasteiger partial charge on any atom is 0.379 e. The summed E-state index contributed by atoms with van der Waals surface area (Å²) in [5, 5.41) is 0. The molecule has 1 aliphatic heterocycles. The van der Waals surface area contributed by atoms with Crippen LogP contribution in [0.5, 0.6) is 5.75 Å². The fraction of sp³-hybridized carbons (Fsp3) is 0.182. The first-order chi connectivity index (χ1) is 21.7.